The van der Waals surface area contributed by atoms with Gasteiger partial charge in [-0.15, -0.1) is 0 Å². The Morgan fingerprint density at radius 2 is 1.86 bits per heavy atom. The fourth-order valence-corrected chi connectivity index (χ4v) is 2.00. The van der Waals surface area contributed by atoms with Gasteiger partial charge in [0.1, 0.15) is 12.4 Å². The van der Waals surface area contributed by atoms with E-state index in [0.717, 1.165) is 6.08 Å². The lowest BCUT2D eigenvalue weighted by molar-refractivity contribution is -0.128. The summed E-state index contributed by atoms with van der Waals surface area (Å²) in [5.74, 6) is -0.146. The molecule has 2 aromatic carbocycles. The third kappa shape index (κ3) is 3.44. The Labute approximate surface area is 127 Å². The van der Waals surface area contributed by atoms with Crippen molar-refractivity contribution in [1.82, 2.24) is 0 Å². The Morgan fingerprint density at radius 1 is 1.14 bits per heavy atom. The van der Waals surface area contributed by atoms with Crippen molar-refractivity contribution in [3.05, 3.63) is 54.6 Å². The van der Waals surface area contributed by atoms with Gasteiger partial charge in [0.15, 0.2) is 0 Å². The summed E-state index contributed by atoms with van der Waals surface area (Å²) in [5.41, 5.74) is 0.422. The number of benzene rings is 2. The zero-order valence-electron chi connectivity index (χ0n) is 11.2. The first kappa shape index (κ1) is 15.1. The maximum Gasteiger partial charge on any atom is 0.338 e. The number of rotatable bonds is 5. The SMILES string of the molecule is C=CC(=O)Oc1ccc(C(=O)OCCS)c2ccccc12. The van der Waals surface area contributed by atoms with Gasteiger partial charge in [-0.05, 0) is 17.5 Å². The van der Waals surface area contributed by atoms with Crippen molar-refractivity contribution < 1.29 is 19.1 Å². The summed E-state index contributed by atoms with van der Waals surface area (Å²) in [6.45, 7) is 3.60. The molecule has 0 aliphatic carbocycles. The van der Waals surface area contributed by atoms with Gasteiger partial charge < -0.3 is 9.47 Å². The lowest BCUT2D eigenvalue weighted by Gasteiger charge is -2.10. The van der Waals surface area contributed by atoms with Crippen molar-refractivity contribution in [1.29, 1.82) is 0 Å². The quantitative estimate of drug-likeness (QED) is 0.399. The fraction of sp³-hybridized carbons (Fsp3) is 0.125. The first-order chi connectivity index (χ1) is 10.2. The molecule has 0 heterocycles. The van der Waals surface area contributed by atoms with Crippen LogP contribution in [-0.4, -0.2) is 24.3 Å². The standard InChI is InChI=1S/C16H14O4S/c1-2-15(17)20-14-8-7-13(16(18)19-9-10-21)11-5-3-4-6-12(11)14/h2-8,21H,1,9-10H2. The third-order valence-electron chi connectivity index (χ3n) is 2.81. The molecule has 0 amide bonds. The first-order valence-corrected chi connectivity index (χ1v) is 6.94. The number of fused-ring (bicyclic) bond motifs is 1. The van der Waals surface area contributed by atoms with Crippen LogP contribution in [0.4, 0.5) is 0 Å². The molecule has 0 fully saturated rings. The Morgan fingerprint density at radius 3 is 2.52 bits per heavy atom. The molecule has 4 nitrogen and oxygen atoms in total. The van der Waals surface area contributed by atoms with E-state index in [1.807, 2.05) is 0 Å². The van der Waals surface area contributed by atoms with Gasteiger partial charge in [0, 0.05) is 17.2 Å². The molecule has 0 unspecified atom stereocenters. The molecule has 0 atom stereocenters. The van der Waals surface area contributed by atoms with Crippen LogP contribution in [-0.2, 0) is 9.53 Å². The van der Waals surface area contributed by atoms with E-state index in [1.165, 1.54) is 0 Å². The highest BCUT2D eigenvalue weighted by Gasteiger charge is 2.14. The Kier molecular flexibility index (Phi) is 5.00. The van der Waals surface area contributed by atoms with Crippen molar-refractivity contribution in [3.63, 3.8) is 0 Å². The average Bonchev–Trinajstić information content (AvgIpc) is 2.52. The molecular formula is C16H14O4S. The van der Waals surface area contributed by atoms with Crippen LogP contribution in [0.25, 0.3) is 10.8 Å². The van der Waals surface area contributed by atoms with Gasteiger partial charge in [-0.2, -0.15) is 12.6 Å². The molecule has 2 aromatic rings. The predicted molar refractivity (Wildman–Crippen MR) is 83.9 cm³/mol. The summed E-state index contributed by atoms with van der Waals surface area (Å²) in [7, 11) is 0. The van der Waals surface area contributed by atoms with Crippen molar-refractivity contribution in [2.45, 2.75) is 0 Å². The monoisotopic (exact) mass is 302 g/mol. The summed E-state index contributed by atoms with van der Waals surface area (Å²) < 4.78 is 10.3. The smallest absolute Gasteiger partial charge is 0.338 e. The van der Waals surface area contributed by atoms with Crippen molar-refractivity contribution in [2.75, 3.05) is 12.4 Å². The summed E-state index contributed by atoms with van der Waals surface area (Å²) in [6.07, 6.45) is 1.09. The second-order valence-electron chi connectivity index (χ2n) is 4.14. The van der Waals surface area contributed by atoms with E-state index in [9.17, 15) is 9.59 Å². The summed E-state index contributed by atoms with van der Waals surface area (Å²) >= 11 is 4.00. The number of hydrogen-bond acceptors (Lipinski definition) is 5. The second kappa shape index (κ2) is 6.95. The van der Waals surface area contributed by atoms with E-state index in [-0.39, 0.29) is 6.61 Å². The Bertz CT molecular complexity index is 694. The molecule has 0 spiro atoms. The maximum absolute atomic E-state index is 12.0. The van der Waals surface area contributed by atoms with E-state index in [2.05, 4.69) is 19.2 Å². The minimum absolute atomic E-state index is 0.240. The minimum atomic E-state index is -0.550. The number of esters is 2. The van der Waals surface area contributed by atoms with Gasteiger partial charge in [0.05, 0.1) is 5.56 Å². The largest absolute Gasteiger partial charge is 0.461 e. The number of carbonyl (C=O) groups excluding carboxylic acids is 2. The summed E-state index contributed by atoms with van der Waals surface area (Å²) in [6, 6.07) is 10.3. The van der Waals surface area contributed by atoms with E-state index in [0.29, 0.717) is 27.8 Å². The number of ether oxygens (including phenoxy) is 2. The normalized spacial score (nSPS) is 10.1. The van der Waals surface area contributed by atoms with Crippen LogP contribution < -0.4 is 4.74 Å². The average molecular weight is 302 g/mol. The molecule has 21 heavy (non-hydrogen) atoms. The number of carbonyl (C=O) groups is 2. The topological polar surface area (TPSA) is 52.6 Å². The third-order valence-corrected chi connectivity index (χ3v) is 2.99. The number of thiol groups is 1. The summed E-state index contributed by atoms with van der Waals surface area (Å²) in [4.78, 5) is 23.4. The fourth-order valence-electron chi connectivity index (χ4n) is 1.90. The van der Waals surface area contributed by atoms with Crippen LogP contribution in [0.5, 0.6) is 5.75 Å². The van der Waals surface area contributed by atoms with Gasteiger partial charge in [-0.3, -0.25) is 0 Å². The van der Waals surface area contributed by atoms with E-state index >= 15 is 0 Å². The summed E-state index contributed by atoms with van der Waals surface area (Å²) in [5, 5.41) is 1.32. The van der Waals surface area contributed by atoms with Crippen LogP contribution in [0.3, 0.4) is 0 Å². The molecule has 0 bridgehead atoms. The molecule has 0 N–H and O–H groups in total. The molecule has 0 radical (unpaired) electrons. The van der Waals surface area contributed by atoms with Gasteiger partial charge in [-0.25, -0.2) is 9.59 Å². The highest BCUT2D eigenvalue weighted by Crippen LogP contribution is 2.29. The molecule has 5 heteroatoms. The molecule has 0 saturated carbocycles. The van der Waals surface area contributed by atoms with Crippen LogP contribution in [0.15, 0.2) is 49.1 Å². The predicted octanol–water partition coefficient (Wildman–Crippen LogP) is 3.02. The maximum atomic E-state index is 12.0. The van der Waals surface area contributed by atoms with Gasteiger partial charge in [0.2, 0.25) is 0 Å². The Hall–Kier alpha value is -2.27. The Balaban J connectivity index is 2.46. The van der Waals surface area contributed by atoms with E-state index < -0.39 is 11.9 Å². The zero-order chi connectivity index (χ0) is 15.2. The van der Waals surface area contributed by atoms with Crippen molar-refractivity contribution in [3.8, 4) is 5.75 Å². The van der Waals surface area contributed by atoms with Gasteiger partial charge in [-0.1, -0.05) is 30.8 Å². The van der Waals surface area contributed by atoms with Gasteiger partial charge in [0.25, 0.3) is 0 Å². The molecular weight excluding hydrogens is 288 g/mol. The second-order valence-corrected chi connectivity index (χ2v) is 4.59. The molecule has 0 aliphatic heterocycles. The van der Waals surface area contributed by atoms with Crippen LogP contribution in [0, 0.1) is 0 Å². The molecule has 0 aromatic heterocycles. The van der Waals surface area contributed by atoms with Gasteiger partial charge >= 0.3 is 11.9 Å². The van der Waals surface area contributed by atoms with E-state index in [1.54, 1.807) is 36.4 Å². The molecule has 2 rings (SSSR count). The van der Waals surface area contributed by atoms with Crippen LogP contribution >= 0.6 is 12.6 Å². The molecule has 108 valence electrons. The lowest BCUT2D eigenvalue weighted by Crippen LogP contribution is -2.09. The lowest BCUT2D eigenvalue weighted by atomic mass is 10.0. The van der Waals surface area contributed by atoms with Crippen LogP contribution in [0.1, 0.15) is 10.4 Å². The van der Waals surface area contributed by atoms with E-state index in [4.69, 9.17) is 9.47 Å². The molecule has 0 aliphatic rings. The first-order valence-electron chi connectivity index (χ1n) is 6.31. The number of hydrogen-bond donors (Lipinski definition) is 1. The highest BCUT2D eigenvalue weighted by molar-refractivity contribution is 7.80. The minimum Gasteiger partial charge on any atom is -0.461 e. The zero-order valence-corrected chi connectivity index (χ0v) is 12.1. The highest BCUT2D eigenvalue weighted by atomic mass is 32.1. The molecule has 0 saturated heterocycles. The van der Waals surface area contributed by atoms with Crippen LogP contribution in [0.2, 0.25) is 0 Å². The van der Waals surface area contributed by atoms with Crippen molar-refractivity contribution in [2.24, 2.45) is 0 Å². The van der Waals surface area contributed by atoms with Crippen molar-refractivity contribution >= 4 is 35.3 Å².